The maximum Gasteiger partial charge on any atom is 0.317 e. The molecule has 0 spiro atoms. The third-order valence-electron chi connectivity index (χ3n) is 10.0. The Bertz CT molecular complexity index is 1210. The molecule has 0 atom stereocenters. The minimum atomic E-state index is -0.419. The molecular formula is C30H38N4O3. The standard InChI is InChI=1S/C30H38N4O3/c1-37-23-6-4-21(5-7-23)25-26(28(31)35)24-16-33(8-9-34(24)27(25)22-2-3-22)29(36)32-17-30-13-18-10-19(14-30)12-20(11-18)15-30/h4-7,18-20,22H,2-3,8-17H2,1H3,(H2,31,35)(H,32,36). The van der Waals surface area contributed by atoms with Crippen molar-refractivity contribution >= 4 is 11.9 Å². The van der Waals surface area contributed by atoms with Gasteiger partial charge >= 0.3 is 6.03 Å². The smallest absolute Gasteiger partial charge is 0.317 e. The molecule has 1 aromatic carbocycles. The Morgan fingerprint density at radius 1 is 1.03 bits per heavy atom. The van der Waals surface area contributed by atoms with E-state index in [4.69, 9.17) is 10.5 Å². The summed E-state index contributed by atoms with van der Waals surface area (Å²) < 4.78 is 7.64. The van der Waals surface area contributed by atoms with Crippen LogP contribution in [0.1, 0.15) is 79.0 Å². The number of nitrogens with one attached hydrogen (secondary N) is 1. The summed E-state index contributed by atoms with van der Waals surface area (Å²) in [5.74, 6) is 3.42. The molecule has 5 saturated carbocycles. The molecule has 0 unspecified atom stereocenters. The van der Waals surface area contributed by atoms with Gasteiger partial charge in [0.15, 0.2) is 0 Å². The Hall–Kier alpha value is -2.96. The number of nitrogens with two attached hydrogens (primary N) is 1. The van der Waals surface area contributed by atoms with Crippen LogP contribution in [0, 0.1) is 23.2 Å². The van der Waals surface area contributed by atoms with Crippen LogP contribution in [-0.4, -0.2) is 41.6 Å². The number of hydrogen-bond acceptors (Lipinski definition) is 3. The van der Waals surface area contributed by atoms with E-state index < -0.39 is 5.91 Å². The Morgan fingerprint density at radius 3 is 2.24 bits per heavy atom. The van der Waals surface area contributed by atoms with Crippen molar-refractivity contribution in [2.75, 3.05) is 20.2 Å². The van der Waals surface area contributed by atoms with E-state index in [1.165, 1.54) is 44.2 Å². The molecule has 0 radical (unpaired) electrons. The van der Waals surface area contributed by atoms with Gasteiger partial charge < -0.3 is 25.3 Å². The van der Waals surface area contributed by atoms with Crippen molar-refractivity contribution in [3.05, 3.63) is 41.2 Å². The number of benzene rings is 1. The van der Waals surface area contributed by atoms with E-state index in [-0.39, 0.29) is 6.03 Å². The topological polar surface area (TPSA) is 89.6 Å². The molecule has 5 aliphatic carbocycles. The van der Waals surface area contributed by atoms with Crippen molar-refractivity contribution in [1.82, 2.24) is 14.8 Å². The monoisotopic (exact) mass is 502 g/mol. The first-order chi connectivity index (χ1) is 17.9. The van der Waals surface area contributed by atoms with Crippen LogP contribution in [0.5, 0.6) is 5.75 Å². The van der Waals surface area contributed by atoms with Gasteiger partial charge in [-0.3, -0.25) is 4.79 Å². The Labute approximate surface area is 218 Å². The minimum absolute atomic E-state index is 0.00224. The van der Waals surface area contributed by atoms with Crippen molar-refractivity contribution in [2.45, 2.75) is 70.4 Å². The van der Waals surface area contributed by atoms with Gasteiger partial charge in [0.25, 0.3) is 5.91 Å². The number of carbonyl (C=O) groups excluding carboxylic acids is 2. The molecule has 1 aromatic heterocycles. The summed E-state index contributed by atoms with van der Waals surface area (Å²) in [6.07, 6.45) is 10.3. The highest BCUT2D eigenvalue weighted by molar-refractivity contribution is 6.02. The van der Waals surface area contributed by atoms with E-state index in [9.17, 15) is 9.59 Å². The molecule has 3 N–H and O–H groups in total. The molecule has 7 nitrogen and oxygen atoms in total. The quantitative estimate of drug-likeness (QED) is 0.590. The van der Waals surface area contributed by atoms with Crippen LogP contribution >= 0.6 is 0 Å². The third-order valence-corrected chi connectivity index (χ3v) is 10.0. The van der Waals surface area contributed by atoms with E-state index in [0.717, 1.165) is 59.7 Å². The number of fused-ring (bicyclic) bond motifs is 1. The largest absolute Gasteiger partial charge is 0.497 e. The van der Waals surface area contributed by atoms with Crippen molar-refractivity contribution in [1.29, 1.82) is 0 Å². The molecule has 2 heterocycles. The van der Waals surface area contributed by atoms with E-state index >= 15 is 0 Å². The maximum absolute atomic E-state index is 13.4. The predicted molar refractivity (Wildman–Crippen MR) is 141 cm³/mol. The van der Waals surface area contributed by atoms with E-state index in [2.05, 4.69) is 9.88 Å². The molecule has 5 fully saturated rings. The Balaban J connectivity index is 1.15. The number of nitrogens with zero attached hydrogens (tertiary/aromatic N) is 2. The van der Waals surface area contributed by atoms with Crippen molar-refractivity contribution in [2.24, 2.45) is 28.9 Å². The van der Waals surface area contributed by atoms with Gasteiger partial charge in [0, 0.05) is 30.9 Å². The highest BCUT2D eigenvalue weighted by Gasteiger charge is 2.51. The first kappa shape index (κ1) is 23.2. The lowest BCUT2D eigenvalue weighted by atomic mass is 9.49. The fourth-order valence-electron chi connectivity index (χ4n) is 8.74. The summed E-state index contributed by atoms with van der Waals surface area (Å²) in [5.41, 5.74) is 10.9. The zero-order valence-electron chi connectivity index (χ0n) is 21.8. The normalized spacial score (nSPS) is 29.8. The number of primary amides is 1. The lowest BCUT2D eigenvalue weighted by molar-refractivity contribution is -0.0503. The summed E-state index contributed by atoms with van der Waals surface area (Å²) in [4.78, 5) is 28.2. The molecule has 196 valence electrons. The van der Waals surface area contributed by atoms with Crippen LogP contribution in [0.25, 0.3) is 11.1 Å². The van der Waals surface area contributed by atoms with Crippen molar-refractivity contribution in [3.8, 4) is 16.9 Å². The second-order valence-electron chi connectivity index (χ2n) is 12.6. The lowest BCUT2D eigenvalue weighted by Gasteiger charge is -2.57. The summed E-state index contributed by atoms with van der Waals surface area (Å²) in [7, 11) is 1.65. The SMILES string of the molecule is COc1ccc(-c2c(C(N)=O)c3n(c2C2CC2)CCN(C(=O)NCC24CC5CC(CC(C5)C2)C4)C3)cc1. The molecule has 6 aliphatic rings. The lowest BCUT2D eigenvalue weighted by Crippen LogP contribution is -2.53. The van der Waals surface area contributed by atoms with Crippen LogP contribution in [0.2, 0.25) is 0 Å². The Morgan fingerprint density at radius 2 is 1.68 bits per heavy atom. The second-order valence-corrected chi connectivity index (χ2v) is 12.6. The number of methoxy groups -OCH3 is 1. The third kappa shape index (κ3) is 3.93. The van der Waals surface area contributed by atoms with E-state index in [1.807, 2.05) is 29.2 Å². The highest BCUT2D eigenvalue weighted by Crippen LogP contribution is 2.59. The zero-order chi connectivity index (χ0) is 25.3. The Kier molecular flexibility index (Phi) is 5.35. The second kappa shape index (κ2) is 8.53. The van der Waals surface area contributed by atoms with Gasteiger partial charge in [-0.1, -0.05) is 12.1 Å². The van der Waals surface area contributed by atoms with Gasteiger partial charge in [-0.05, 0) is 98.1 Å². The average molecular weight is 503 g/mol. The zero-order valence-corrected chi connectivity index (χ0v) is 21.8. The molecular weight excluding hydrogens is 464 g/mol. The van der Waals surface area contributed by atoms with Gasteiger partial charge in [0.2, 0.25) is 0 Å². The summed E-state index contributed by atoms with van der Waals surface area (Å²) in [6, 6.07) is 7.87. The van der Waals surface area contributed by atoms with Gasteiger partial charge in [-0.2, -0.15) is 0 Å². The van der Waals surface area contributed by atoms with Crippen LogP contribution in [0.3, 0.4) is 0 Å². The number of carbonyl (C=O) groups is 2. The number of amides is 3. The number of urea groups is 1. The molecule has 0 saturated heterocycles. The van der Waals surface area contributed by atoms with Crippen LogP contribution in [0.4, 0.5) is 4.79 Å². The first-order valence-corrected chi connectivity index (χ1v) is 14.2. The molecule has 4 bridgehead atoms. The molecule has 1 aliphatic heterocycles. The van der Waals surface area contributed by atoms with E-state index in [1.54, 1.807) is 7.11 Å². The summed E-state index contributed by atoms with van der Waals surface area (Å²) >= 11 is 0. The maximum atomic E-state index is 13.4. The number of aromatic nitrogens is 1. The fourth-order valence-corrected chi connectivity index (χ4v) is 8.74. The van der Waals surface area contributed by atoms with Gasteiger partial charge in [-0.15, -0.1) is 0 Å². The number of rotatable bonds is 6. The number of hydrogen-bond donors (Lipinski definition) is 2. The minimum Gasteiger partial charge on any atom is -0.497 e. The predicted octanol–water partition coefficient (Wildman–Crippen LogP) is 4.88. The van der Waals surface area contributed by atoms with Gasteiger partial charge in [0.05, 0.1) is 24.9 Å². The highest BCUT2D eigenvalue weighted by atomic mass is 16.5. The average Bonchev–Trinajstić information content (AvgIpc) is 3.66. The van der Waals surface area contributed by atoms with Crippen LogP contribution in [-0.2, 0) is 13.1 Å². The molecule has 2 aromatic rings. The molecule has 3 amide bonds. The first-order valence-electron chi connectivity index (χ1n) is 14.2. The van der Waals surface area contributed by atoms with E-state index in [0.29, 0.717) is 36.5 Å². The molecule has 8 rings (SSSR count). The van der Waals surface area contributed by atoms with Crippen molar-refractivity contribution in [3.63, 3.8) is 0 Å². The van der Waals surface area contributed by atoms with Gasteiger partial charge in [-0.25, -0.2) is 4.79 Å². The van der Waals surface area contributed by atoms with Gasteiger partial charge in [0.1, 0.15) is 5.75 Å². The molecule has 7 heteroatoms. The summed E-state index contributed by atoms with van der Waals surface area (Å²) in [5, 5.41) is 3.34. The number of ether oxygens (including phenoxy) is 1. The van der Waals surface area contributed by atoms with Crippen LogP contribution < -0.4 is 15.8 Å². The summed E-state index contributed by atoms with van der Waals surface area (Å²) in [6.45, 7) is 2.55. The fraction of sp³-hybridized carbons (Fsp3) is 0.600. The van der Waals surface area contributed by atoms with Crippen molar-refractivity contribution < 1.29 is 14.3 Å². The molecule has 37 heavy (non-hydrogen) atoms. The van der Waals surface area contributed by atoms with Crippen LogP contribution in [0.15, 0.2) is 24.3 Å².